The molecule has 0 radical (unpaired) electrons. The van der Waals surface area contributed by atoms with E-state index in [2.05, 4.69) is 25.9 Å². The molecular formula is C15H15BrN2O3S. The highest BCUT2D eigenvalue weighted by Crippen LogP contribution is 2.18. The van der Waals surface area contributed by atoms with E-state index in [-0.39, 0.29) is 10.6 Å². The smallest absolute Gasteiger partial charge is 0.276 e. The number of halogens is 1. The number of aromatic hydroxyl groups is 1. The van der Waals surface area contributed by atoms with Crippen LogP contribution in [0.15, 0.2) is 63.0 Å². The van der Waals surface area contributed by atoms with Gasteiger partial charge in [0.2, 0.25) is 0 Å². The standard InChI is InChI=1S/C15H15BrN2O3S/c1-2-14(13-5-3-4-6-15(13)19)17-18-22(20,21)12-9-7-11(16)8-10-12/h3-10,18-19H,2H2,1H3. The molecule has 0 aliphatic carbocycles. The van der Waals surface area contributed by atoms with E-state index < -0.39 is 10.0 Å². The van der Waals surface area contributed by atoms with Gasteiger partial charge in [0, 0.05) is 10.0 Å². The summed E-state index contributed by atoms with van der Waals surface area (Å²) in [5.41, 5.74) is 0.960. The van der Waals surface area contributed by atoms with E-state index in [1.165, 1.54) is 18.2 Å². The van der Waals surface area contributed by atoms with E-state index in [4.69, 9.17) is 0 Å². The maximum atomic E-state index is 12.2. The van der Waals surface area contributed by atoms with Crippen molar-refractivity contribution in [3.8, 4) is 5.75 Å². The summed E-state index contributed by atoms with van der Waals surface area (Å²) in [6, 6.07) is 12.9. The fourth-order valence-corrected chi connectivity index (χ4v) is 2.92. The van der Waals surface area contributed by atoms with Crippen LogP contribution in [0.1, 0.15) is 18.9 Å². The number of para-hydroxylation sites is 1. The molecule has 0 aromatic heterocycles. The number of hydrogen-bond acceptors (Lipinski definition) is 4. The number of nitrogens with one attached hydrogen (secondary N) is 1. The Kier molecular flexibility index (Phi) is 5.20. The molecule has 0 saturated carbocycles. The zero-order valence-electron chi connectivity index (χ0n) is 11.8. The molecular weight excluding hydrogens is 368 g/mol. The van der Waals surface area contributed by atoms with Gasteiger partial charge in [-0.15, -0.1) is 0 Å². The lowest BCUT2D eigenvalue weighted by Gasteiger charge is -2.08. The van der Waals surface area contributed by atoms with Crippen LogP contribution < -0.4 is 4.83 Å². The van der Waals surface area contributed by atoms with Gasteiger partial charge in [-0.25, -0.2) is 0 Å². The number of phenolic OH excluding ortho intramolecular Hbond substituents is 1. The quantitative estimate of drug-likeness (QED) is 0.615. The van der Waals surface area contributed by atoms with Gasteiger partial charge < -0.3 is 5.11 Å². The number of nitrogens with zero attached hydrogens (tertiary/aromatic N) is 1. The van der Waals surface area contributed by atoms with Crippen LogP contribution in [-0.2, 0) is 10.0 Å². The van der Waals surface area contributed by atoms with Crippen molar-refractivity contribution in [1.82, 2.24) is 4.83 Å². The zero-order valence-corrected chi connectivity index (χ0v) is 14.2. The summed E-state index contributed by atoms with van der Waals surface area (Å²) in [5, 5.41) is 13.8. The molecule has 0 aliphatic rings. The largest absolute Gasteiger partial charge is 0.507 e. The lowest BCUT2D eigenvalue weighted by molar-refractivity contribution is 0.474. The van der Waals surface area contributed by atoms with Crippen molar-refractivity contribution in [3.05, 3.63) is 58.6 Å². The van der Waals surface area contributed by atoms with Crippen LogP contribution in [0.4, 0.5) is 0 Å². The maximum Gasteiger partial charge on any atom is 0.276 e. The van der Waals surface area contributed by atoms with Gasteiger partial charge in [0.1, 0.15) is 5.75 Å². The molecule has 0 amide bonds. The first-order valence-electron chi connectivity index (χ1n) is 6.56. The molecule has 0 fully saturated rings. The van der Waals surface area contributed by atoms with Crippen molar-refractivity contribution in [1.29, 1.82) is 0 Å². The van der Waals surface area contributed by atoms with Gasteiger partial charge in [0.15, 0.2) is 0 Å². The summed E-state index contributed by atoms with van der Waals surface area (Å²) in [4.78, 5) is 2.32. The third kappa shape index (κ3) is 3.86. The number of hydrazone groups is 1. The van der Waals surface area contributed by atoms with Gasteiger partial charge in [-0.05, 0) is 42.8 Å². The van der Waals surface area contributed by atoms with Gasteiger partial charge in [-0.3, -0.25) is 0 Å². The van der Waals surface area contributed by atoms with Gasteiger partial charge in [-0.1, -0.05) is 35.0 Å². The fraction of sp³-hybridized carbons (Fsp3) is 0.133. The van der Waals surface area contributed by atoms with Crippen molar-refractivity contribution < 1.29 is 13.5 Å². The molecule has 2 aromatic carbocycles. The van der Waals surface area contributed by atoms with E-state index >= 15 is 0 Å². The Balaban J connectivity index is 2.28. The summed E-state index contributed by atoms with van der Waals surface area (Å²) >= 11 is 3.25. The average Bonchev–Trinajstić information content (AvgIpc) is 2.50. The lowest BCUT2D eigenvalue weighted by Crippen LogP contribution is -2.20. The molecule has 5 nitrogen and oxygen atoms in total. The summed E-state index contributed by atoms with van der Waals surface area (Å²) in [5.74, 6) is 0.0611. The molecule has 0 unspecified atom stereocenters. The van der Waals surface area contributed by atoms with Crippen LogP contribution in [0.2, 0.25) is 0 Å². The topological polar surface area (TPSA) is 78.8 Å². The Morgan fingerprint density at radius 1 is 1.18 bits per heavy atom. The highest BCUT2D eigenvalue weighted by Gasteiger charge is 2.14. The van der Waals surface area contributed by atoms with Crippen LogP contribution in [0.25, 0.3) is 0 Å². The predicted octanol–water partition coefficient (Wildman–Crippen LogP) is 3.25. The van der Waals surface area contributed by atoms with Gasteiger partial charge in [0.25, 0.3) is 10.0 Å². The fourth-order valence-electron chi connectivity index (χ4n) is 1.83. The minimum atomic E-state index is -3.74. The number of hydrogen-bond donors (Lipinski definition) is 2. The monoisotopic (exact) mass is 382 g/mol. The van der Waals surface area contributed by atoms with E-state index in [1.54, 1.807) is 30.3 Å². The van der Waals surface area contributed by atoms with Gasteiger partial charge in [0.05, 0.1) is 10.6 Å². The van der Waals surface area contributed by atoms with Crippen molar-refractivity contribution in [2.24, 2.45) is 5.10 Å². The highest BCUT2D eigenvalue weighted by atomic mass is 79.9. The Bertz CT molecular complexity index is 787. The van der Waals surface area contributed by atoms with E-state index in [0.717, 1.165) is 4.47 Å². The van der Waals surface area contributed by atoms with Crippen molar-refractivity contribution >= 4 is 31.7 Å². The molecule has 0 atom stereocenters. The van der Waals surface area contributed by atoms with Crippen molar-refractivity contribution in [2.45, 2.75) is 18.2 Å². The Morgan fingerprint density at radius 2 is 1.82 bits per heavy atom. The molecule has 2 N–H and O–H groups in total. The molecule has 0 heterocycles. The third-order valence-corrected chi connectivity index (χ3v) is 4.73. The maximum absolute atomic E-state index is 12.2. The van der Waals surface area contributed by atoms with Crippen molar-refractivity contribution in [3.63, 3.8) is 0 Å². The molecule has 0 aliphatic heterocycles. The van der Waals surface area contributed by atoms with Crippen LogP contribution in [0.5, 0.6) is 5.75 Å². The molecule has 2 aromatic rings. The van der Waals surface area contributed by atoms with E-state index in [9.17, 15) is 13.5 Å². The second-order valence-corrected chi connectivity index (χ2v) is 7.05. The normalized spacial score (nSPS) is 12.2. The number of phenols is 1. The van der Waals surface area contributed by atoms with Crippen LogP contribution in [-0.4, -0.2) is 19.2 Å². The molecule has 22 heavy (non-hydrogen) atoms. The van der Waals surface area contributed by atoms with Crippen LogP contribution in [0, 0.1) is 0 Å². The Hall–Kier alpha value is -1.86. The average molecular weight is 383 g/mol. The summed E-state index contributed by atoms with van der Waals surface area (Å²) in [7, 11) is -3.74. The third-order valence-electron chi connectivity index (χ3n) is 2.97. The first-order chi connectivity index (χ1) is 10.4. The summed E-state index contributed by atoms with van der Waals surface area (Å²) in [6.45, 7) is 1.83. The lowest BCUT2D eigenvalue weighted by atomic mass is 10.1. The van der Waals surface area contributed by atoms with E-state index in [0.29, 0.717) is 17.7 Å². The minimum absolute atomic E-state index is 0.0611. The first kappa shape index (κ1) is 16.5. The summed E-state index contributed by atoms with van der Waals surface area (Å²) in [6.07, 6.45) is 0.473. The van der Waals surface area contributed by atoms with E-state index in [1.807, 2.05) is 6.92 Å². The second-order valence-electron chi connectivity index (χ2n) is 4.48. The van der Waals surface area contributed by atoms with Crippen molar-refractivity contribution in [2.75, 3.05) is 0 Å². The molecule has 2 rings (SSSR count). The SMILES string of the molecule is CCC(=NNS(=O)(=O)c1ccc(Br)cc1)c1ccccc1O. The van der Waals surface area contributed by atoms with Gasteiger partial charge in [-0.2, -0.15) is 18.4 Å². The first-order valence-corrected chi connectivity index (χ1v) is 8.84. The second kappa shape index (κ2) is 6.93. The molecule has 0 spiro atoms. The van der Waals surface area contributed by atoms with Gasteiger partial charge >= 0.3 is 0 Å². The number of rotatable bonds is 5. The predicted molar refractivity (Wildman–Crippen MR) is 89.4 cm³/mol. The summed E-state index contributed by atoms with van der Waals surface area (Å²) < 4.78 is 25.2. The Morgan fingerprint density at radius 3 is 2.41 bits per heavy atom. The number of sulfonamides is 1. The molecule has 0 saturated heterocycles. The molecule has 0 bridgehead atoms. The molecule has 7 heteroatoms. The Labute approximate surface area is 137 Å². The van der Waals surface area contributed by atoms with Crippen LogP contribution in [0.3, 0.4) is 0 Å². The highest BCUT2D eigenvalue weighted by molar-refractivity contribution is 9.10. The zero-order chi connectivity index (χ0) is 16.2. The van der Waals surface area contributed by atoms with Crippen LogP contribution >= 0.6 is 15.9 Å². The number of benzene rings is 2. The molecule has 116 valence electrons. The minimum Gasteiger partial charge on any atom is -0.507 e.